The smallest absolute Gasteiger partial charge is 0.0177 e. The molecule has 1 aliphatic heterocycles. The van der Waals surface area contributed by atoms with E-state index in [4.69, 9.17) is 5.73 Å². The van der Waals surface area contributed by atoms with Crippen LogP contribution >= 0.6 is 27.7 Å². The summed E-state index contributed by atoms with van der Waals surface area (Å²) in [7, 11) is 0. The summed E-state index contributed by atoms with van der Waals surface area (Å²) in [6.45, 7) is 0. The molecule has 1 aromatic rings. The van der Waals surface area contributed by atoms with Crippen molar-refractivity contribution in [2.75, 3.05) is 11.5 Å². The van der Waals surface area contributed by atoms with Crippen LogP contribution in [0.1, 0.15) is 5.56 Å². The number of hydrogen-bond acceptors (Lipinski definition) is 2. The Bertz CT molecular complexity index is 316. The van der Waals surface area contributed by atoms with E-state index in [1.54, 1.807) is 0 Å². The van der Waals surface area contributed by atoms with Crippen molar-refractivity contribution in [1.82, 2.24) is 0 Å². The number of nitrogens with two attached hydrogens (primary N) is 1. The number of hydrogen-bond donors (Lipinski definition) is 1. The highest BCUT2D eigenvalue weighted by atomic mass is 79.9. The molecule has 0 bridgehead atoms. The van der Waals surface area contributed by atoms with Gasteiger partial charge in [-0.15, -0.1) is 0 Å². The Labute approximate surface area is 97.6 Å². The molecule has 0 radical (unpaired) electrons. The Morgan fingerprint density at radius 1 is 1.43 bits per heavy atom. The van der Waals surface area contributed by atoms with Crippen LogP contribution in [0.25, 0.3) is 0 Å². The predicted octanol–water partition coefficient (Wildman–Crippen LogP) is 2.68. The molecule has 1 aromatic carbocycles. The molecule has 2 atom stereocenters. The molecule has 76 valence electrons. The Morgan fingerprint density at radius 2 is 2.29 bits per heavy atom. The molecule has 0 amide bonds. The predicted molar refractivity (Wildman–Crippen MR) is 66.6 cm³/mol. The van der Waals surface area contributed by atoms with Gasteiger partial charge >= 0.3 is 0 Å². The van der Waals surface area contributed by atoms with Crippen molar-refractivity contribution < 1.29 is 0 Å². The maximum Gasteiger partial charge on any atom is 0.0177 e. The van der Waals surface area contributed by atoms with E-state index in [0.717, 1.165) is 16.6 Å². The molecule has 1 fully saturated rings. The van der Waals surface area contributed by atoms with Crippen LogP contribution in [0, 0.1) is 5.92 Å². The number of halogens is 1. The molecule has 0 spiro atoms. The topological polar surface area (TPSA) is 26.0 Å². The highest BCUT2D eigenvalue weighted by molar-refractivity contribution is 9.10. The molecule has 2 rings (SSSR count). The molecule has 1 saturated heterocycles. The van der Waals surface area contributed by atoms with E-state index >= 15 is 0 Å². The van der Waals surface area contributed by atoms with Gasteiger partial charge in [-0.2, -0.15) is 11.8 Å². The minimum atomic E-state index is 0.388. The highest BCUT2D eigenvalue weighted by Crippen LogP contribution is 2.26. The number of thioether (sulfide) groups is 1. The SMILES string of the molecule is NC1CSCC1Cc1cccc(Br)c1. The fraction of sp³-hybridized carbons (Fsp3) is 0.455. The third-order valence-corrected chi connectivity index (χ3v) is 4.41. The van der Waals surface area contributed by atoms with Crippen LogP contribution in [-0.4, -0.2) is 17.5 Å². The second-order valence-corrected chi connectivity index (χ2v) is 5.79. The van der Waals surface area contributed by atoms with Gasteiger partial charge in [0.2, 0.25) is 0 Å². The molecule has 1 nitrogen and oxygen atoms in total. The lowest BCUT2D eigenvalue weighted by Crippen LogP contribution is -2.29. The van der Waals surface area contributed by atoms with Gasteiger partial charge in [0.25, 0.3) is 0 Å². The molecule has 0 aliphatic carbocycles. The molecule has 2 unspecified atom stereocenters. The first-order chi connectivity index (χ1) is 6.75. The minimum absolute atomic E-state index is 0.388. The fourth-order valence-corrected chi connectivity index (χ4v) is 3.59. The average molecular weight is 272 g/mol. The van der Waals surface area contributed by atoms with Crippen LogP contribution in [-0.2, 0) is 6.42 Å². The van der Waals surface area contributed by atoms with E-state index in [-0.39, 0.29) is 0 Å². The third kappa shape index (κ3) is 2.53. The largest absolute Gasteiger partial charge is 0.327 e. The summed E-state index contributed by atoms with van der Waals surface area (Å²) < 4.78 is 1.16. The Balaban J connectivity index is 2.03. The van der Waals surface area contributed by atoms with Crippen LogP contribution in [0.4, 0.5) is 0 Å². The first-order valence-corrected chi connectivity index (χ1v) is 6.78. The van der Waals surface area contributed by atoms with Gasteiger partial charge in [0, 0.05) is 16.3 Å². The maximum absolute atomic E-state index is 6.03. The summed E-state index contributed by atoms with van der Waals surface area (Å²) in [6, 6.07) is 8.91. The van der Waals surface area contributed by atoms with E-state index in [1.165, 1.54) is 11.3 Å². The molecule has 2 N–H and O–H groups in total. The second kappa shape index (κ2) is 4.69. The van der Waals surface area contributed by atoms with Gasteiger partial charge in [-0.25, -0.2) is 0 Å². The summed E-state index contributed by atoms with van der Waals surface area (Å²) in [4.78, 5) is 0. The van der Waals surface area contributed by atoms with Crippen LogP contribution in [0.3, 0.4) is 0 Å². The summed E-state index contributed by atoms with van der Waals surface area (Å²) in [6.07, 6.45) is 1.12. The Morgan fingerprint density at radius 3 is 2.93 bits per heavy atom. The molecular weight excluding hydrogens is 258 g/mol. The van der Waals surface area contributed by atoms with Crippen molar-refractivity contribution in [2.24, 2.45) is 11.7 Å². The standard InChI is InChI=1S/C11H14BrNS/c12-10-3-1-2-8(5-10)4-9-6-14-7-11(9)13/h1-3,5,9,11H,4,6-7,13H2. The van der Waals surface area contributed by atoms with Crippen molar-refractivity contribution in [3.05, 3.63) is 34.3 Å². The molecule has 0 saturated carbocycles. The summed E-state index contributed by atoms with van der Waals surface area (Å²) in [5.74, 6) is 3.00. The first kappa shape index (κ1) is 10.5. The van der Waals surface area contributed by atoms with Crippen LogP contribution in [0.15, 0.2) is 28.7 Å². The lowest BCUT2D eigenvalue weighted by Gasteiger charge is -2.14. The van der Waals surface area contributed by atoms with Crippen LogP contribution < -0.4 is 5.73 Å². The van der Waals surface area contributed by atoms with E-state index < -0.39 is 0 Å². The summed E-state index contributed by atoms with van der Waals surface area (Å²) >= 11 is 5.47. The zero-order valence-electron chi connectivity index (χ0n) is 7.95. The summed E-state index contributed by atoms with van der Waals surface area (Å²) in [5, 5.41) is 0. The normalized spacial score (nSPS) is 26.7. The van der Waals surface area contributed by atoms with E-state index in [9.17, 15) is 0 Å². The highest BCUT2D eigenvalue weighted by Gasteiger charge is 2.24. The molecule has 14 heavy (non-hydrogen) atoms. The third-order valence-electron chi connectivity index (χ3n) is 2.63. The monoisotopic (exact) mass is 271 g/mol. The molecular formula is C11H14BrNS. The second-order valence-electron chi connectivity index (χ2n) is 3.80. The van der Waals surface area contributed by atoms with Crippen molar-refractivity contribution in [1.29, 1.82) is 0 Å². The number of benzene rings is 1. The first-order valence-electron chi connectivity index (χ1n) is 4.83. The van der Waals surface area contributed by atoms with E-state index in [0.29, 0.717) is 12.0 Å². The van der Waals surface area contributed by atoms with Gasteiger partial charge < -0.3 is 5.73 Å². The zero-order valence-corrected chi connectivity index (χ0v) is 10.4. The van der Waals surface area contributed by atoms with Gasteiger partial charge in [-0.3, -0.25) is 0 Å². The quantitative estimate of drug-likeness (QED) is 0.895. The molecule has 1 heterocycles. The van der Waals surface area contributed by atoms with Gasteiger partial charge in [-0.1, -0.05) is 28.1 Å². The lowest BCUT2D eigenvalue weighted by atomic mass is 9.96. The lowest BCUT2D eigenvalue weighted by molar-refractivity contribution is 0.515. The van der Waals surface area contributed by atoms with E-state index in [2.05, 4.69) is 40.2 Å². The van der Waals surface area contributed by atoms with E-state index in [1.807, 2.05) is 11.8 Å². The van der Waals surface area contributed by atoms with Gasteiger partial charge in [0.1, 0.15) is 0 Å². The van der Waals surface area contributed by atoms with Gasteiger partial charge in [0.15, 0.2) is 0 Å². The van der Waals surface area contributed by atoms with Crippen molar-refractivity contribution in [2.45, 2.75) is 12.5 Å². The fourth-order valence-electron chi connectivity index (χ4n) is 1.79. The number of rotatable bonds is 2. The van der Waals surface area contributed by atoms with Crippen molar-refractivity contribution in [3.63, 3.8) is 0 Å². The molecule has 1 aliphatic rings. The molecule has 3 heteroatoms. The van der Waals surface area contributed by atoms with Crippen molar-refractivity contribution >= 4 is 27.7 Å². The zero-order chi connectivity index (χ0) is 9.97. The van der Waals surface area contributed by atoms with Crippen LogP contribution in [0.2, 0.25) is 0 Å². The Kier molecular flexibility index (Phi) is 3.52. The van der Waals surface area contributed by atoms with Crippen LogP contribution in [0.5, 0.6) is 0 Å². The average Bonchev–Trinajstić information content (AvgIpc) is 2.52. The Hall–Kier alpha value is 0.01000. The molecule has 0 aromatic heterocycles. The van der Waals surface area contributed by atoms with Crippen molar-refractivity contribution in [3.8, 4) is 0 Å². The summed E-state index contributed by atoms with van der Waals surface area (Å²) in [5.41, 5.74) is 7.42. The van der Waals surface area contributed by atoms with Gasteiger partial charge in [0.05, 0.1) is 0 Å². The van der Waals surface area contributed by atoms with Gasteiger partial charge in [-0.05, 0) is 35.8 Å². The maximum atomic E-state index is 6.03. The minimum Gasteiger partial charge on any atom is -0.327 e.